The third-order valence-corrected chi connectivity index (χ3v) is 5.44. The predicted octanol–water partition coefficient (Wildman–Crippen LogP) is 3.03. The average molecular weight is 431 g/mol. The summed E-state index contributed by atoms with van der Waals surface area (Å²) in [5, 5.41) is 27.2. The van der Waals surface area contributed by atoms with Crippen LogP contribution in [0.3, 0.4) is 0 Å². The number of benzene rings is 2. The van der Waals surface area contributed by atoms with Crippen molar-refractivity contribution in [3.05, 3.63) is 71.4 Å². The van der Waals surface area contributed by atoms with E-state index in [1.807, 2.05) is 59.0 Å². The van der Waals surface area contributed by atoms with Crippen LogP contribution in [0.25, 0.3) is 17.2 Å². The fourth-order valence-corrected chi connectivity index (χ4v) is 4.03. The van der Waals surface area contributed by atoms with Crippen molar-refractivity contribution in [3.63, 3.8) is 0 Å². The van der Waals surface area contributed by atoms with Crippen molar-refractivity contribution < 1.29 is 14.6 Å². The molecule has 0 spiro atoms. The van der Waals surface area contributed by atoms with Crippen LogP contribution in [-0.4, -0.2) is 49.7 Å². The molecule has 32 heavy (non-hydrogen) atoms. The fourth-order valence-electron chi connectivity index (χ4n) is 4.03. The molecule has 0 radical (unpaired) electrons. The van der Waals surface area contributed by atoms with Gasteiger partial charge >= 0.3 is 5.97 Å². The molecule has 10 heteroatoms. The van der Waals surface area contributed by atoms with Crippen LogP contribution >= 0.6 is 0 Å². The molecule has 0 amide bonds. The lowest BCUT2D eigenvalue weighted by atomic mass is 10.1. The van der Waals surface area contributed by atoms with Crippen LogP contribution in [0.1, 0.15) is 21.5 Å². The molecule has 3 heterocycles. The van der Waals surface area contributed by atoms with Gasteiger partial charge in [-0.05, 0) is 53.6 Å². The topological polar surface area (TPSA) is 121 Å². The highest BCUT2D eigenvalue weighted by Crippen LogP contribution is 2.39. The number of nitrogens with zero attached hydrogens (tertiary/aromatic N) is 5. The molecule has 0 saturated heterocycles. The number of aryl methyl sites for hydroxylation is 1. The van der Waals surface area contributed by atoms with E-state index < -0.39 is 12.3 Å². The van der Waals surface area contributed by atoms with Crippen LogP contribution < -0.4 is 10.2 Å². The van der Waals surface area contributed by atoms with E-state index in [9.17, 15) is 9.90 Å². The van der Waals surface area contributed by atoms with E-state index in [1.165, 1.54) is 0 Å². The van der Waals surface area contributed by atoms with Crippen molar-refractivity contribution in [2.45, 2.75) is 19.8 Å². The van der Waals surface area contributed by atoms with Gasteiger partial charge in [-0.2, -0.15) is 5.21 Å². The van der Waals surface area contributed by atoms with E-state index in [0.29, 0.717) is 18.1 Å². The van der Waals surface area contributed by atoms with Crippen molar-refractivity contribution in [2.24, 2.45) is 0 Å². The van der Waals surface area contributed by atoms with Crippen molar-refractivity contribution in [2.75, 3.05) is 17.3 Å². The number of fused-ring (bicyclic) bond motifs is 1. The highest BCUT2D eigenvalue weighted by molar-refractivity contribution is 5.99. The Kier molecular flexibility index (Phi) is 4.83. The van der Waals surface area contributed by atoms with Gasteiger partial charge in [0.1, 0.15) is 0 Å². The lowest BCUT2D eigenvalue weighted by molar-refractivity contribution is 0.0696. The summed E-state index contributed by atoms with van der Waals surface area (Å²) in [6.45, 7) is 2.49. The molecule has 2 aromatic heterocycles. The molecule has 2 aromatic carbocycles. The van der Waals surface area contributed by atoms with Gasteiger partial charge in [0.15, 0.2) is 0 Å². The number of nitrogens with one attached hydrogen (secondary N) is 2. The first-order valence-electron chi connectivity index (χ1n) is 9.99. The largest absolute Gasteiger partial charge is 0.478 e. The van der Waals surface area contributed by atoms with Gasteiger partial charge in [0, 0.05) is 25.5 Å². The maximum atomic E-state index is 11.8. The second-order valence-corrected chi connectivity index (χ2v) is 7.54. The van der Waals surface area contributed by atoms with Crippen LogP contribution in [0.4, 0.5) is 11.4 Å². The Balaban J connectivity index is 1.45. The number of anilines is 2. The Labute approximate surface area is 183 Å². The van der Waals surface area contributed by atoms with Gasteiger partial charge in [-0.25, -0.2) is 4.79 Å². The minimum absolute atomic E-state index is 0.235. The van der Waals surface area contributed by atoms with Crippen LogP contribution in [-0.2, 0) is 11.3 Å². The zero-order valence-corrected chi connectivity index (χ0v) is 17.5. The van der Waals surface area contributed by atoms with Crippen molar-refractivity contribution >= 4 is 17.3 Å². The maximum Gasteiger partial charge on any atom is 0.337 e. The Hall–Kier alpha value is -4.18. The predicted molar refractivity (Wildman–Crippen MR) is 118 cm³/mol. The monoisotopic (exact) mass is 431 g/mol. The van der Waals surface area contributed by atoms with E-state index in [4.69, 9.17) is 4.74 Å². The van der Waals surface area contributed by atoms with Crippen molar-refractivity contribution in [1.82, 2.24) is 25.2 Å². The molecule has 162 valence electrons. The third kappa shape index (κ3) is 3.36. The number of aromatic carboxylic acids is 1. The average Bonchev–Trinajstić information content (AvgIpc) is 3.53. The molecule has 3 N–H and O–H groups in total. The first-order chi connectivity index (χ1) is 15.5. The van der Waals surface area contributed by atoms with E-state index in [-0.39, 0.29) is 5.56 Å². The SMILES string of the molecule is COC1Nc2cccc(C(=O)O)c2N1Cc1ccc(-n2cc(C)cc2-c2nn[nH]n2)cc1. The summed E-state index contributed by atoms with van der Waals surface area (Å²) in [6, 6.07) is 15.2. The number of aromatic amines is 1. The zero-order chi connectivity index (χ0) is 22.2. The van der Waals surface area contributed by atoms with Gasteiger partial charge in [-0.15, -0.1) is 10.2 Å². The molecule has 10 nitrogen and oxygen atoms in total. The number of carbonyl (C=O) groups is 1. The number of methoxy groups -OCH3 is 1. The van der Waals surface area contributed by atoms with Gasteiger partial charge < -0.3 is 24.6 Å². The zero-order valence-electron chi connectivity index (χ0n) is 17.5. The number of tetrazole rings is 1. The second-order valence-electron chi connectivity index (χ2n) is 7.54. The smallest absolute Gasteiger partial charge is 0.337 e. The molecule has 0 aliphatic carbocycles. The standard InChI is InChI=1S/C22H21N7O3/c1-13-10-18(20-24-26-27-25-20)28(11-13)15-8-6-14(7-9-15)12-29-19-16(21(30)31)4-3-5-17(19)23-22(29)32-2/h3-11,22-23H,12H2,1-2H3,(H,30,31)(H,24,25,26,27). The van der Waals surface area contributed by atoms with E-state index in [2.05, 4.69) is 25.9 Å². The van der Waals surface area contributed by atoms with E-state index in [0.717, 1.165) is 28.2 Å². The number of para-hydroxylation sites is 1. The molecule has 0 fully saturated rings. The Morgan fingerprint density at radius 3 is 2.72 bits per heavy atom. The molecule has 1 atom stereocenters. The molecule has 1 aliphatic heterocycles. The summed E-state index contributed by atoms with van der Waals surface area (Å²) in [5.41, 5.74) is 5.48. The first-order valence-corrected chi connectivity index (χ1v) is 9.99. The number of hydrogen-bond donors (Lipinski definition) is 3. The minimum Gasteiger partial charge on any atom is -0.478 e. The van der Waals surface area contributed by atoms with E-state index >= 15 is 0 Å². The molecule has 0 bridgehead atoms. The molecule has 4 aromatic rings. The second kappa shape index (κ2) is 7.82. The van der Waals surface area contributed by atoms with Gasteiger partial charge in [0.05, 0.1) is 22.6 Å². The summed E-state index contributed by atoms with van der Waals surface area (Å²) < 4.78 is 7.57. The van der Waals surface area contributed by atoms with Crippen LogP contribution in [0, 0.1) is 6.92 Å². The highest BCUT2D eigenvalue weighted by atomic mass is 16.5. The minimum atomic E-state index is -0.974. The van der Waals surface area contributed by atoms with Crippen molar-refractivity contribution in [3.8, 4) is 17.2 Å². The van der Waals surface area contributed by atoms with E-state index in [1.54, 1.807) is 19.2 Å². The van der Waals surface area contributed by atoms with Crippen LogP contribution in [0.2, 0.25) is 0 Å². The number of carboxylic acids is 1. The molecule has 0 saturated carbocycles. The number of hydrogen-bond acceptors (Lipinski definition) is 7. The maximum absolute atomic E-state index is 11.8. The summed E-state index contributed by atoms with van der Waals surface area (Å²) in [7, 11) is 1.59. The lowest BCUT2D eigenvalue weighted by Crippen LogP contribution is -2.37. The van der Waals surface area contributed by atoms with Gasteiger partial charge in [-0.3, -0.25) is 0 Å². The number of H-pyrrole nitrogens is 1. The summed E-state index contributed by atoms with van der Waals surface area (Å²) in [5.74, 6) is -0.455. The Morgan fingerprint density at radius 1 is 1.22 bits per heavy atom. The lowest BCUT2D eigenvalue weighted by Gasteiger charge is -2.26. The van der Waals surface area contributed by atoms with Crippen LogP contribution in [0.15, 0.2) is 54.7 Å². The molecule has 5 rings (SSSR count). The Morgan fingerprint density at radius 2 is 2.03 bits per heavy atom. The molecule has 1 unspecified atom stereocenters. The van der Waals surface area contributed by atoms with Gasteiger partial charge in [0.25, 0.3) is 0 Å². The van der Waals surface area contributed by atoms with Crippen LogP contribution in [0.5, 0.6) is 0 Å². The number of ether oxygens (including phenoxy) is 1. The normalized spacial score (nSPS) is 14.9. The van der Waals surface area contributed by atoms with Gasteiger partial charge in [0.2, 0.25) is 12.2 Å². The van der Waals surface area contributed by atoms with Gasteiger partial charge in [-0.1, -0.05) is 18.2 Å². The molecular formula is C22H21N7O3. The fraction of sp³-hybridized carbons (Fsp3) is 0.182. The quantitative estimate of drug-likeness (QED) is 0.426. The first kappa shape index (κ1) is 19.8. The van der Waals surface area contributed by atoms with Crippen molar-refractivity contribution in [1.29, 1.82) is 0 Å². The highest BCUT2D eigenvalue weighted by Gasteiger charge is 2.32. The summed E-state index contributed by atoms with van der Waals surface area (Å²) >= 11 is 0. The molecule has 1 aliphatic rings. The summed E-state index contributed by atoms with van der Waals surface area (Å²) in [6.07, 6.45) is 1.56. The number of rotatable bonds is 6. The molecular weight excluding hydrogens is 410 g/mol. The third-order valence-electron chi connectivity index (χ3n) is 5.44. The number of carboxylic acid groups (broad SMARTS) is 1. The number of aromatic nitrogens is 5. The Bertz CT molecular complexity index is 1270. The summed E-state index contributed by atoms with van der Waals surface area (Å²) in [4.78, 5) is 13.7.